The van der Waals surface area contributed by atoms with Gasteiger partial charge in [-0.3, -0.25) is 0 Å². The molecule has 0 bridgehead atoms. The van der Waals surface area contributed by atoms with Crippen molar-refractivity contribution in [2.45, 2.75) is 18.9 Å². The van der Waals surface area contributed by atoms with E-state index in [2.05, 4.69) is 5.32 Å². The lowest BCUT2D eigenvalue weighted by molar-refractivity contribution is 0.247. The molecule has 1 atom stereocenters. The molecule has 1 saturated heterocycles. The van der Waals surface area contributed by atoms with Gasteiger partial charge >= 0.3 is 0 Å². The lowest BCUT2D eigenvalue weighted by atomic mass is 10.2. The minimum atomic E-state index is -3.88. The van der Waals surface area contributed by atoms with Crippen LogP contribution in [0.2, 0.25) is 0 Å². The molecule has 0 saturated carbocycles. The Bertz CT molecular complexity index is 453. The van der Waals surface area contributed by atoms with Gasteiger partial charge in [-0.05, 0) is 19.4 Å². The SMILES string of the molecule is CS(=O)(=O)CS(=O)(=O)N(CCO)CC1CCCN1. The third-order valence-corrected chi connectivity index (χ3v) is 6.71. The van der Waals surface area contributed by atoms with Crippen molar-refractivity contribution < 1.29 is 21.9 Å². The number of hydrogen-bond donors (Lipinski definition) is 2. The number of sulfonamides is 1. The van der Waals surface area contributed by atoms with Gasteiger partial charge in [0.15, 0.2) is 14.9 Å². The van der Waals surface area contributed by atoms with Crippen LogP contribution in [0.25, 0.3) is 0 Å². The second kappa shape index (κ2) is 6.29. The van der Waals surface area contributed by atoms with Crippen molar-refractivity contribution in [3.05, 3.63) is 0 Å². The molecule has 0 aromatic rings. The number of rotatable bonds is 7. The molecule has 18 heavy (non-hydrogen) atoms. The molecular weight excluding hydrogens is 280 g/mol. The standard InChI is InChI=1S/C9H20N2O5S2/c1-17(13,14)8-18(15,16)11(5-6-12)7-9-3-2-4-10-9/h9-10,12H,2-8H2,1H3. The normalized spacial score (nSPS) is 21.6. The predicted molar refractivity (Wildman–Crippen MR) is 68.3 cm³/mol. The maximum Gasteiger partial charge on any atom is 0.228 e. The first-order valence-electron chi connectivity index (χ1n) is 5.74. The first-order chi connectivity index (χ1) is 8.24. The van der Waals surface area contributed by atoms with Gasteiger partial charge in [0.1, 0.15) is 0 Å². The minimum absolute atomic E-state index is 0.0332. The maximum absolute atomic E-state index is 11.9. The summed E-state index contributed by atoms with van der Waals surface area (Å²) in [6, 6.07) is 0.0332. The summed E-state index contributed by atoms with van der Waals surface area (Å²) in [5.41, 5.74) is 0. The highest BCUT2D eigenvalue weighted by Crippen LogP contribution is 2.11. The fourth-order valence-corrected chi connectivity index (χ4v) is 5.49. The van der Waals surface area contributed by atoms with E-state index in [1.807, 2.05) is 0 Å². The highest BCUT2D eigenvalue weighted by Gasteiger charge is 2.29. The molecule has 1 aliphatic rings. The number of aliphatic hydroxyl groups is 1. The zero-order valence-corrected chi connectivity index (χ0v) is 12.0. The molecule has 0 radical (unpaired) electrons. The summed E-state index contributed by atoms with van der Waals surface area (Å²) in [5, 5.41) is 11.1. The van der Waals surface area contributed by atoms with Gasteiger partial charge in [-0.25, -0.2) is 16.8 Å². The van der Waals surface area contributed by atoms with Gasteiger partial charge < -0.3 is 10.4 Å². The van der Waals surface area contributed by atoms with Crippen molar-refractivity contribution in [3.8, 4) is 0 Å². The largest absolute Gasteiger partial charge is 0.395 e. The Labute approximate surface area is 108 Å². The number of hydrogen-bond acceptors (Lipinski definition) is 6. The van der Waals surface area contributed by atoms with E-state index in [4.69, 9.17) is 5.11 Å². The van der Waals surface area contributed by atoms with Gasteiger partial charge in [0.05, 0.1) is 6.61 Å². The monoisotopic (exact) mass is 300 g/mol. The smallest absolute Gasteiger partial charge is 0.228 e. The molecule has 0 spiro atoms. The third-order valence-electron chi connectivity index (χ3n) is 2.69. The molecule has 0 aromatic heterocycles. The zero-order valence-electron chi connectivity index (χ0n) is 10.4. The van der Waals surface area contributed by atoms with Gasteiger partial charge in [-0.15, -0.1) is 0 Å². The van der Waals surface area contributed by atoms with Crippen LogP contribution in [0.5, 0.6) is 0 Å². The van der Waals surface area contributed by atoms with Crippen LogP contribution in [0.4, 0.5) is 0 Å². The molecule has 0 aromatic carbocycles. The highest BCUT2D eigenvalue weighted by molar-refractivity contribution is 8.06. The molecular formula is C9H20N2O5S2. The first kappa shape index (κ1) is 15.8. The van der Waals surface area contributed by atoms with Crippen LogP contribution in [0.15, 0.2) is 0 Å². The zero-order chi connectivity index (χ0) is 13.8. The summed E-state index contributed by atoms with van der Waals surface area (Å²) < 4.78 is 47.1. The van der Waals surface area contributed by atoms with Crippen molar-refractivity contribution in [2.75, 3.05) is 37.6 Å². The average molecular weight is 300 g/mol. The lowest BCUT2D eigenvalue weighted by Gasteiger charge is -2.24. The first-order valence-corrected chi connectivity index (χ1v) is 9.41. The van der Waals surface area contributed by atoms with Crippen molar-refractivity contribution in [1.82, 2.24) is 9.62 Å². The summed E-state index contributed by atoms with van der Waals surface area (Å²) in [4.78, 5) is 0. The average Bonchev–Trinajstić information content (AvgIpc) is 2.66. The molecule has 1 unspecified atom stereocenters. The fourth-order valence-electron chi connectivity index (χ4n) is 1.96. The maximum atomic E-state index is 11.9. The topological polar surface area (TPSA) is 104 Å². The van der Waals surface area contributed by atoms with Crippen LogP contribution in [0.1, 0.15) is 12.8 Å². The summed E-state index contributed by atoms with van der Waals surface area (Å²) in [6.45, 7) is 0.647. The van der Waals surface area contributed by atoms with E-state index in [-0.39, 0.29) is 25.7 Å². The molecule has 1 rings (SSSR count). The Morgan fingerprint density at radius 2 is 2.00 bits per heavy atom. The Hall–Kier alpha value is -0.220. The Morgan fingerprint density at radius 3 is 2.44 bits per heavy atom. The second-order valence-corrected chi connectivity index (χ2v) is 9.00. The van der Waals surface area contributed by atoms with E-state index >= 15 is 0 Å². The fraction of sp³-hybridized carbons (Fsp3) is 1.00. The minimum Gasteiger partial charge on any atom is -0.395 e. The van der Waals surface area contributed by atoms with Crippen LogP contribution in [0.3, 0.4) is 0 Å². The summed E-state index contributed by atoms with van der Waals surface area (Å²) in [7, 11) is -7.49. The van der Waals surface area contributed by atoms with Gasteiger partial charge in [-0.2, -0.15) is 4.31 Å². The van der Waals surface area contributed by atoms with E-state index in [1.165, 1.54) is 0 Å². The molecule has 108 valence electrons. The van der Waals surface area contributed by atoms with Crippen molar-refractivity contribution >= 4 is 19.9 Å². The highest BCUT2D eigenvalue weighted by atomic mass is 32.3. The van der Waals surface area contributed by atoms with E-state index in [1.54, 1.807) is 0 Å². The Kier molecular flexibility index (Phi) is 5.53. The second-order valence-electron chi connectivity index (χ2n) is 4.53. The molecule has 2 N–H and O–H groups in total. The Balaban J connectivity index is 2.75. The van der Waals surface area contributed by atoms with Crippen LogP contribution in [0, 0.1) is 0 Å². The summed E-state index contributed by atoms with van der Waals surface area (Å²) in [5.74, 6) is 0. The molecule has 1 aliphatic heterocycles. The van der Waals surface area contributed by atoms with Gasteiger partial charge in [0.25, 0.3) is 0 Å². The van der Waals surface area contributed by atoms with Crippen molar-refractivity contribution in [1.29, 1.82) is 0 Å². The van der Waals surface area contributed by atoms with Gasteiger partial charge in [0, 0.05) is 25.4 Å². The molecule has 9 heteroatoms. The quantitative estimate of drug-likeness (QED) is 0.585. The summed E-state index contributed by atoms with van der Waals surface area (Å²) in [6.07, 6.45) is 2.72. The van der Waals surface area contributed by atoms with Gasteiger partial charge in [0.2, 0.25) is 10.0 Å². The van der Waals surface area contributed by atoms with E-state index in [0.717, 1.165) is 29.9 Å². The third kappa shape index (κ3) is 5.19. The van der Waals surface area contributed by atoms with E-state index < -0.39 is 24.9 Å². The van der Waals surface area contributed by atoms with E-state index in [9.17, 15) is 16.8 Å². The molecule has 7 nitrogen and oxygen atoms in total. The summed E-state index contributed by atoms with van der Waals surface area (Å²) >= 11 is 0. The number of aliphatic hydroxyl groups excluding tert-OH is 1. The lowest BCUT2D eigenvalue weighted by Crippen LogP contribution is -2.44. The molecule has 0 amide bonds. The predicted octanol–water partition coefficient (Wildman–Crippen LogP) is -1.64. The number of nitrogens with one attached hydrogen (secondary N) is 1. The van der Waals surface area contributed by atoms with Gasteiger partial charge in [-0.1, -0.05) is 0 Å². The Morgan fingerprint density at radius 1 is 1.33 bits per heavy atom. The molecule has 0 aliphatic carbocycles. The van der Waals surface area contributed by atoms with Crippen LogP contribution < -0.4 is 5.32 Å². The molecule has 1 heterocycles. The van der Waals surface area contributed by atoms with Crippen LogP contribution in [-0.2, 0) is 19.9 Å². The number of sulfone groups is 1. The van der Waals surface area contributed by atoms with Crippen LogP contribution in [-0.4, -0.2) is 69.9 Å². The number of nitrogens with zero attached hydrogens (tertiary/aromatic N) is 1. The van der Waals surface area contributed by atoms with Crippen molar-refractivity contribution in [3.63, 3.8) is 0 Å². The van der Waals surface area contributed by atoms with Crippen molar-refractivity contribution in [2.24, 2.45) is 0 Å². The molecule has 1 fully saturated rings. The van der Waals surface area contributed by atoms with E-state index in [0.29, 0.717) is 0 Å². The van der Waals surface area contributed by atoms with Crippen LogP contribution >= 0.6 is 0 Å².